The highest BCUT2D eigenvalue weighted by atomic mass is 19.1. The van der Waals surface area contributed by atoms with Crippen LogP contribution in [-0.4, -0.2) is 32.4 Å². The molecule has 3 aromatic rings. The summed E-state index contributed by atoms with van der Waals surface area (Å²) >= 11 is 0. The molecule has 11 heteroatoms. The number of nitrogens with one attached hydrogen (secondary N) is 2. The number of aromatic nitrogens is 3. The molecule has 0 atom stereocenters. The van der Waals surface area contributed by atoms with E-state index < -0.39 is 34.8 Å². The number of ketones is 1. The lowest BCUT2D eigenvalue weighted by Crippen LogP contribution is -2.40. The summed E-state index contributed by atoms with van der Waals surface area (Å²) in [4.78, 5) is 39.3. The number of amides is 2. The maximum Gasteiger partial charge on any atom is 0.293 e. The third kappa shape index (κ3) is 3.80. The highest BCUT2D eigenvalue weighted by molar-refractivity contribution is 6.44. The number of nitrogens with zero attached hydrogens (tertiary/aromatic N) is 3. The lowest BCUT2D eigenvalue weighted by Gasteiger charge is -2.13. The molecule has 9 nitrogen and oxygen atoms in total. The molecule has 182 valence electrons. The summed E-state index contributed by atoms with van der Waals surface area (Å²) in [5.41, 5.74) is 0.236. The number of rotatable bonds is 6. The van der Waals surface area contributed by atoms with Gasteiger partial charge < -0.3 is 19.6 Å². The Balaban J connectivity index is 1.43. The average Bonchev–Trinajstić information content (AvgIpc) is 3.10. The van der Waals surface area contributed by atoms with E-state index in [2.05, 4.69) is 20.8 Å². The van der Waals surface area contributed by atoms with Gasteiger partial charge in [-0.3, -0.25) is 14.4 Å². The van der Waals surface area contributed by atoms with Crippen molar-refractivity contribution in [2.75, 3.05) is 5.32 Å². The summed E-state index contributed by atoms with van der Waals surface area (Å²) in [6.45, 7) is 5.01. The quantitative estimate of drug-likeness (QED) is 0.410. The van der Waals surface area contributed by atoms with E-state index in [1.165, 1.54) is 6.92 Å². The van der Waals surface area contributed by atoms with Gasteiger partial charge in [0.25, 0.3) is 17.6 Å². The zero-order chi connectivity index (χ0) is 25.1. The molecule has 1 fully saturated rings. The molecular formula is C24H23F2N5O4. The van der Waals surface area contributed by atoms with E-state index >= 15 is 0 Å². The number of Topliss-reactive ketones (excluding diaryl/α,β-unsaturated/α-hetero) is 1. The topological polar surface area (TPSA) is 119 Å². The second-order valence-electron chi connectivity index (χ2n) is 9.06. The summed E-state index contributed by atoms with van der Waals surface area (Å²) in [5, 5.41) is 13.0. The molecule has 35 heavy (non-hydrogen) atoms. The zero-order valence-corrected chi connectivity index (χ0v) is 19.4. The molecular weight excluding hydrogens is 460 g/mol. The Morgan fingerprint density at radius 3 is 2.34 bits per heavy atom. The average molecular weight is 483 g/mol. The Hall–Kier alpha value is -3.89. The fourth-order valence-corrected chi connectivity index (χ4v) is 4.62. The lowest BCUT2D eigenvalue weighted by molar-refractivity contribution is -0.118. The summed E-state index contributed by atoms with van der Waals surface area (Å²) < 4.78 is 35.1. The summed E-state index contributed by atoms with van der Waals surface area (Å²) in [5.74, 6) is -3.15. The standard InChI is InChI=1S/C24H23F2N5O4/c1-11-15(25)9-14(10-16(11)26)27-21(33)19-12(2)18(17-5-4-8-31(17)19)20(32)22(34)28-24(6-7-24)23-30-29-13(3)35-23/h9-10H,4-8H2,1-3H3,(H,27,33)(H,28,34). The van der Waals surface area contributed by atoms with Crippen LogP contribution in [0, 0.1) is 32.4 Å². The minimum Gasteiger partial charge on any atom is -0.423 e. The largest absolute Gasteiger partial charge is 0.423 e. The van der Waals surface area contributed by atoms with Crippen LogP contribution in [0.2, 0.25) is 0 Å². The number of halogens is 2. The molecule has 5 rings (SSSR count). The molecule has 2 amide bonds. The van der Waals surface area contributed by atoms with Crippen LogP contribution in [0.5, 0.6) is 0 Å². The van der Waals surface area contributed by atoms with Crippen LogP contribution in [0.3, 0.4) is 0 Å². The Morgan fingerprint density at radius 1 is 1.06 bits per heavy atom. The minimum absolute atomic E-state index is 0.0420. The SMILES string of the molecule is Cc1nnc(C2(NC(=O)C(=O)c3c(C)c(C(=O)Nc4cc(F)c(C)c(F)c4)n4c3CCC4)CC2)o1. The Morgan fingerprint density at radius 2 is 1.74 bits per heavy atom. The van der Waals surface area contributed by atoms with E-state index in [1.54, 1.807) is 18.4 Å². The van der Waals surface area contributed by atoms with Crippen LogP contribution >= 0.6 is 0 Å². The van der Waals surface area contributed by atoms with Gasteiger partial charge in [-0.05, 0) is 57.2 Å². The first-order chi connectivity index (χ1) is 16.6. The molecule has 0 bridgehead atoms. The Bertz CT molecular complexity index is 1380. The third-order valence-electron chi connectivity index (χ3n) is 6.64. The van der Waals surface area contributed by atoms with Crippen molar-refractivity contribution in [3.63, 3.8) is 0 Å². The highest BCUT2D eigenvalue weighted by Crippen LogP contribution is 2.45. The van der Waals surface area contributed by atoms with Crippen LogP contribution < -0.4 is 10.6 Å². The molecule has 3 heterocycles. The number of aryl methyl sites for hydroxylation is 1. The summed E-state index contributed by atoms with van der Waals surface area (Å²) in [6.07, 6.45) is 2.34. The maximum absolute atomic E-state index is 14.0. The second-order valence-corrected chi connectivity index (χ2v) is 9.06. The van der Waals surface area contributed by atoms with E-state index in [1.807, 2.05) is 0 Å². The van der Waals surface area contributed by atoms with Crippen molar-refractivity contribution < 1.29 is 27.6 Å². The molecule has 2 aliphatic rings. The van der Waals surface area contributed by atoms with Gasteiger partial charge in [-0.1, -0.05) is 0 Å². The van der Waals surface area contributed by atoms with Crippen LogP contribution in [0.4, 0.5) is 14.5 Å². The zero-order valence-electron chi connectivity index (χ0n) is 19.4. The molecule has 0 unspecified atom stereocenters. The number of benzene rings is 1. The Labute approximate surface area is 198 Å². The van der Waals surface area contributed by atoms with Crippen molar-refractivity contribution in [2.45, 2.75) is 58.5 Å². The van der Waals surface area contributed by atoms with Gasteiger partial charge in [0.05, 0.1) is 5.56 Å². The molecule has 1 aliphatic heterocycles. The molecule has 0 spiro atoms. The molecule has 1 aromatic carbocycles. The van der Waals surface area contributed by atoms with Crippen LogP contribution in [0.25, 0.3) is 0 Å². The molecule has 1 saturated carbocycles. The van der Waals surface area contributed by atoms with Crippen molar-refractivity contribution in [3.05, 3.63) is 63.6 Å². The number of fused-ring (bicyclic) bond motifs is 1. The summed E-state index contributed by atoms with van der Waals surface area (Å²) in [6, 6.07) is 2.07. The van der Waals surface area contributed by atoms with Crippen molar-refractivity contribution >= 4 is 23.3 Å². The van der Waals surface area contributed by atoms with Gasteiger partial charge in [0, 0.05) is 30.4 Å². The van der Waals surface area contributed by atoms with Gasteiger partial charge in [-0.25, -0.2) is 8.78 Å². The van der Waals surface area contributed by atoms with Crippen LogP contribution in [0.15, 0.2) is 16.5 Å². The van der Waals surface area contributed by atoms with Gasteiger partial charge in [0.1, 0.15) is 22.9 Å². The number of carbonyl (C=O) groups excluding carboxylic acids is 3. The van der Waals surface area contributed by atoms with E-state index in [0.29, 0.717) is 49.4 Å². The van der Waals surface area contributed by atoms with Crippen molar-refractivity contribution in [3.8, 4) is 0 Å². The van der Waals surface area contributed by atoms with Gasteiger partial charge in [-0.2, -0.15) is 0 Å². The normalized spacial score (nSPS) is 15.6. The van der Waals surface area contributed by atoms with Gasteiger partial charge >= 0.3 is 0 Å². The van der Waals surface area contributed by atoms with Gasteiger partial charge in [0.2, 0.25) is 11.8 Å². The van der Waals surface area contributed by atoms with E-state index in [4.69, 9.17) is 4.42 Å². The molecule has 2 aromatic heterocycles. The maximum atomic E-state index is 14.0. The number of hydrogen-bond acceptors (Lipinski definition) is 6. The fourth-order valence-electron chi connectivity index (χ4n) is 4.62. The number of carbonyl (C=O) groups is 3. The first kappa shape index (κ1) is 22.9. The predicted octanol–water partition coefficient (Wildman–Crippen LogP) is 3.26. The summed E-state index contributed by atoms with van der Waals surface area (Å²) in [7, 11) is 0. The monoisotopic (exact) mass is 483 g/mol. The van der Waals surface area contributed by atoms with Crippen molar-refractivity contribution in [1.29, 1.82) is 0 Å². The molecule has 2 N–H and O–H groups in total. The molecule has 0 radical (unpaired) electrons. The van der Waals surface area contributed by atoms with Crippen LogP contribution in [-0.2, 0) is 23.3 Å². The van der Waals surface area contributed by atoms with E-state index in [-0.39, 0.29) is 28.4 Å². The minimum atomic E-state index is -0.857. The fraction of sp³-hybridized carbons (Fsp3) is 0.375. The van der Waals surface area contributed by atoms with Crippen LogP contribution in [0.1, 0.15) is 68.7 Å². The molecule has 0 saturated heterocycles. The van der Waals surface area contributed by atoms with E-state index in [9.17, 15) is 23.2 Å². The van der Waals surface area contributed by atoms with Gasteiger partial charge in [0.15, 0.2) is 0 Å². The van der Waals surface area contributed by atoms with Crippen molar-refractivity contribution in [1.82, 2.24) is 20.1 Å². The molecule has 1 aliphatic carbocycles. The smallest absolute Gasteiger partial charge is 0.293 e. The number of anilines is 1. The number of hydrogen-bond donors (Lipinski definition) is 2. The first-order valence-electron chi connectivity index (χ1n) is 11.3. The second kappa shape index (κ2) is 8.10. The first-order valence-corrected chi connectivity index (χ1v) is 11.3. The van der Waals surface area contributed by atoms with E-state index in [0.717, 1.165) is 12.1 Å². The predicted molar refractivity (Wildman–Crippen MR) is 119 cm³/mol. The lowest BCUT2D eigenvalue weighted by atomic mass is 10.0. The van der Waals surface area contributed by atoms with Gasteiger partial charge in [-0.15, -0.1) is 10.2 Å². The van der Waals surface area contributed by atoms with Crippen molar-refractivity contribution in [2.24, 2.45) is 0 Å². The highest BCUT2D eigenvalue weighted by Gasteiger charge is 2.51. The third-order valence-corrected chi connectivity index (χ3v) is 6.64. The Kier molecular flexibility index (Phi) is 5.30.